The van der Waals surface area contributed by atoms with E-state index in [2.05, 4.69) is 15.3 Å². The standard InChI is InChI=1S/C19H23N3O4S2/c1-26-16-7-9-17(10-8-16)28(24,25)12-11-14-13-20-19(27(2)23)22-18(14)21-15-5-3-4-6-15/h7-13,15H,3-6H2,1-2H3,(H,20,21,22)/i19+2. The predicted molar refractivity (Wildman–Crippen MR) is 109 cm³/mol. The number of benzene rings is 1. The van der Waals surface area contributed by atoms with Gasteiger partial charge in [-0.15, -0.1) is 0 Å². The maximum absolute atomic E-state index is 12.6. The molecule has 1 heterocycles. The van der Waals surface area contributed by atoms with E-state index in [4.69, 9.17) is 4.74 Å². The summed E-state index contributed by atoms with van der Waals surface area (Å²) in [5, 5.41) is 4.70. The van der Waals surface area contributed by atoms with Crippen molar-refractivity contribution in [1.29, 1.82) is 0 Å². The molecule has 1 aromatic carbocycles. The van der Waals surface area contributed by atoms with Crippen LogP contribution in [0, 0.1) is 0 Å². The van der Waals surface area contributed by atoms with Crippen molar-refractivity contribution in [2.45, 2.75) is 41.8 Å². The Hall–Kier alpha value is -2.10. The second-order valence-electron chi connectivity index (χ2n) is 6.56. The average Bonchev–Trinajstić information content (AvgIpc) is 3.20. The van der Waals surface area contributed by atoms with Gasteiger partial charge in [0.25, 0.3) is 0 Å². The van der Waals surface area contributed by atoms with Crippen LogP contribution in [0.25, 0.3) is 6.08 Å². The quantitative estimate of drug-likeness (QED) is 0.539. The number of aromatic nitrogens is 2. The zero-order chi connectivity index (χ0) is 20.1. The fourth-order valence-electron chi connectivity index (χ4n) is 3.02. The molecule has 150 valence electrons. The van der Waals surface area contributed by atoms with Crippen molar-refractivity contribution < 1.29 is 17.7 Å². The molecular formula is C19H23N3O4S2. The van der Waals surface area contributed by atoms with Crippen molar-refractivity contribution >= 4 is 32.9 Å². The zero-order valence-electron chi connectivity index (χ0n) is 15.8. The van der Waals surface area contributed by atoms with Crippen molar-refractivity contribution in [3.05, 3.63) is 41.4 Å². The van der Waals surface area contributed by atoms with Crippen molar-refractivity contribution in [2.75, 3.05) is 18.7 Å². The van der Waals surface area contributed by atoms with Crippen LogP contribution in [-0.4, -0.2) is 42.3 Å². The first-order valence-electron chi connectivity index (χ1n) is 8.93. The van der Waals surface area contributed by atoms with Crippen molar-refractivity contribution in [3.63, 3.8) is 0 Å². The third-order valence-corrected chi connectivity index (χ3v) is 6.70. The summed E-state index contributed by atoms with van der Waals surface area (Å²) >= 11 is -1.32. The van der Waals surface area contributed by atoms with Gasteiger partial charge in [0.1, 0.15) is 17.8 Å². The Balaban J connectivity index is 1.88. The van der Waals surface area contributed by atoms with Gasteiger partial charge in [-0.25, -0.2) is 8.42 Å². The van der Waals surface area contributed by atoms with E-state index in [9.17, 15) is 13.0 Å². The van der Waals surface area contributed by atoms with E-state index in [0.717, 1.165) is 31.1 Å². The van der Waals surface area contributed by atoms with Crippen molar-refractivity contribution in [3.8, 4) is 5.75 Å². The number of rotatable bonds is 7. The van der Waals surface area contributed by atoms with Crippen LogP contribution in [0.2, 0.25) is 0 Å². The molecule has 1 atom stereocenters. The molecule has 0 radical (unpaired) electrons. The first-order valence-corrected chi connectivity index (χ1v) is 12.0. The molecule has 1 N–H and O–H groups in total. The summed E-state index contributed by atoms with van der Waals surface area (Å²) in [7, 11) is -2.11. The van der Waals surface area contributed by atoms with Crippen LogP contribution in [0.5, 0.6) is 5.75 Å². The van der Waals surface area contributed by atoms with Crippen LogP contribution >= 0.6 is 0 Å². The number of nitrogens with zero attached hydrogens (tertiary/aromatic N) is 2. The zero-order valence-corrected chi connectivity index (χ0v) is 17.4. The summed E-state index contributed by atoms with van der Waals surface area (Å²) in [6, 6.07) is 6.47. The molecule has 7 nitrogen and oxygen atoms in total. The van der Waals surface area contributed by atoms with E-state index in [1.807, 2.05) is 0 Å². The van der Waals surface area contributed by atoms with E-state index in [1.165, 1.54) is 37.8 Å². The van der Waals surface area contributed by atoms with Crippen LogP contribution in [0.4, 0.5) is 5.82 Å². The predicted octanol–water partition coefficient (Wildman–Crippen LogP) is 3.02. The lowest BCUT2D eigenvalue weighted by Crippen LogP contribution is -2.18. The molecule has 3 rings (SSSR count). The Labute approximate surface area is 168 Å². The Kier molecular flexibility index (Phi) is 6.58. The number of ether oxygens (including phenoxy) is 1. The normalized spacial score (nSPS) is 16.4. The van der Waals surface area contributed by atoms with Gasteiger partial charge in [0.2, 0.25) is 0 Å². The molecule has 1 aliphatic rings. The minimum Gasteiger partial charge on any atom is -0.609 e. The average molecular weight is 424 g/mol. The summed E-state index contributed by atoms with van der Waals surface area (Å²) in [6.45, 7) is 0. The van der Waals surface area contributed by atoms with E-state index in [1.54, 1.807) is 12.1 Å². The topological polar surface area (TPSA) is 104 Å². The van der Waals surface area contributed by atoms with Crippen LogP contribution in [0.1, 0.15) is 31.2 Å². The van der Waals surface area contributed by atoms with Gasteiger partial charge in [-0.3, -0.25) is 0 Å². The highest BCUT2D eigenvalue weighted by molar-refractivity contribution is 7.94. The molecule has 0 saturated heterocycles. The molecule has 1 fully saturated rings. The molecule has 0 bridgehead atoms. The van der Waals surface area contributed by atoms with E-state index in [-0.39, 0.29) is 16.1 Å². The van der Waals surface area contributed by atoms with Gasteiger partial charge in [0.05, 0.1) is 12.0 Å². The summed E-state index contributed by atoms with van der Waals surface area (Å²) in [5.74, 6) is 1.09. The second kappa shape index (κ2) is 8.93. The number of sulfone groups is 1. The molecule has 1 saturated carbocycles. The monoisotopic (exact) mass is 423 g/mol. The molecule has 0 spiro atoms. The van der Waals surface area contributed by atoms with Gasteiger partial charge in [-0.05, 0) is 43.2 Å². The third kappa shape index (κ3) is 5.03. The number of hydrogen-bond acceptors (Lipinski definition) is 7. The lowest BCUT2D eigenvalue weighted by molar-refractivity contribution is 0.414. The summed E-state index contributed by atoms with van der Waals surface area (Å²) < 4.78 is 42.0. The van der Waals surface area contributed by atoms with Crippen LogP contribution in [0.3, 0.4) is 0 Å². The Morgan fingerprint density at radius 1 is 1.29 bits per heavy atom. The number of methoxy groups -OCH3 is 1. The van der Waals surface area contributed by atoms with E-state index < -0.39 is 21.0 Å². The van der Waals surface area contributed by atoms with Crippen LogP contribution < -0.4 is 10.1 Å². The van der Waals surface area contributed by atoms with Crippen LogP contribution in [-0.2, 0) is 21.0 Å². The molecule has 1 unspecified atom stereocenters. The lowest BCUT2D eigenvalue weighted by atomic mass is 10.2. The van der Waals surface area contributed by atoms with Gasteiger partial charge in [-0.1, -0.05) is 12.8 Å². The Morgan fingerprint density at radius 3 is 2.57 bits per heavy atom. The maximum Gasteiger partial charge on any atom is 0.344 e. The fraction of sp³-hybridized carbons (Fsp3) is 0.368. The number of hydrogen-bond donors (Lipinski definition) is 1. The van der Waals surface area contributed by atoms with Crippen molar-refractivity contribution in [2.24, 2.45) is 0 Å². The highest BCUT2D eigenvalue weighted by Crippen LogP contribution is 2.25. The Bertz CT molecular complexity index is 938. The van der Waals surface area contributed by atoms with Gasteiger partial charge < -0.3 is 14.6 Å². The van der Waals surface area contributed by atoms with Gasteiger partial charge in [0, 0.05) is 34.4 Å². The summed E-state index contributed by atoms with van der Waals surface area (Å²) in [6.07, 6.45) is 8.83. The molecular weight excluding hydrogens is 400 g/mol. The molecule has 1 aliphatic carbocycles. The number of nitrogens with one attached hydrogen (secondary N) is 1. The molecule has 0 amide bonds. The largest absolute Gasteiger partial charge is 0.609 e. The summed E-state index contributed by atoms with van der Waals surface area (Å²) in [4.78, 5) is 8.61. The SMILES string of the molecule is COc1ccc(S(=O)(=O)C=Cc2cn[14c]([S+](C)[O-])nc2NC2CCCC2)cc1. The van der Waals surface area contributed by atoms with Crippen molar-refractivity contribution in [1.82, 2.24) is 9.97 Å². The molecule has 1 aromatic heterocycles. The van der Waals surface area contributed by atoms with E-state index >= 15 is 0 Å². The molecule has 0 aliphatic heterocycles. The van der Waals surface area contributed by atoms with E-state index in [0.29, 0.717) is 17.1 Å². The lowest BCUT2D eigenvalue weighted by Gasteiger charge is -2.15. The summed E-state index contributed by atoms with van der Waals surface area (Å²) in [5.41, 5.74) is 0.540. The Morgan fingerprint density at radius 2 is 1.96 bits per heavy atom. The second-order valence-corrected chi connectivity index (χ2v) is 9.67. The van der Waals surface area contributed by atoms with Gasteiger partial charge in [-0.2, -0.15) is 9.97 Å². The molecule has 2 aromatic rings. The maximum atomic E-state index is 12.6. The fourth-order valence-corrected chi connectivity index (χ4v) is 4.44. The highest BCUT2D eigenvalue weighted by Gasteiger charge is 2.19. The molecule has 28 heavy (non-hydrogen) atoms. The minimum atomic E-state index is -3.63. The first kappa shape index (κ1) is 20.6. The van der Waals surface area contributed by atoms with Gasteiger partial charge in [0.15, 0.2) is 9.84 Å². The minimum absolute atomic E-state index is 0.169. The third-order valence-electron chi connectivity index (χ3n) is 4.56. The highest BCUT2D eigenvalue weighted by atomic mass is 32.2. The van der Waals surface area contributed by atoms with Crippen LogP contribution in [0.15, 0.2) is 45.9 Å². The first-order chi connectivity index (χ1) is 13.4. The molecule has 9 heteroatoms. The number of anilines is 1. The van der Waals surface area contributed by atoms with Gasteiger partial charge >= 0.3 is 5.16 Å². The smallest absolute Gasteiger partial charge is 0.344 e.